The predicted molar refractivity (Wildman–Crippen MR) is 104 cm³/mol. The van der Waals surface area contributed by atoms with E-state index in [4.69, 9.17) is 4.42 Å². The van der Waals surface area contributed by atoms with Crippen molar-refractivity contribution in [3.8, 4) is 0 Å². The fraction of sp³-hybridized carbons (Fsp3) is 0. The van der Waals surface area contributed by atoms with E-state index < -0.39 is 15.5 Å². The highest BCUT2D eigenvalue weighted by Crippen LogP contribution is 2.29. The van der Waals surface area contributed by atoms with Crippen molar-refractivity contribution in [3.05, 3.63) is 105 Å². The van der Waals surface area contributed by atoms with Crippen LogP contribution in [0.15, 0.2) is 82.5 Å². The van der Waals surface area contributed by atoms with E-state index >= 15 is 0 Å². The first-order valence-corrected chi connectivity index (χ1v) is 8.08. The van der Waals surface area contributed by atoms with Crippen molar-refractivity contribution in [2.75, 3.05) is 5.43 Å². The van der Waals surface area contributed by atoms with Gasteiger partial charge >= 0.3 is 5.69 Å². The standard InChI is InChI=1S/C19H14N4O5/c24-22(25)15-8-10-18(19(13-15)23(26)27)21-20-17(14-5-2-1-3-6-14)11-9-16-7-4-12-28-16/h1-13,21H/b11-9+,20-17+. The summed E-state index contributed by atoms with van der Waals surface area (Å²) in [5, 5.41) is 26.4. The summed E-state index contributed by atoms with van der Waals surface area (Å²) in [7, 11) is 0. The second kappa shape index (κ2) is 8.41. The van der Waals surface area contributed by atoms with E-state index in [9.17, 15) is 20.2 Å². The quantitative estimate of drug-likeness (QED) is 0.363. The number of nitro benzene ring substituents is 2. The molecule has 0 radical (unpaired) electrons. The van der Waals surface area contributed by atoms with Crippen LogP contribution in [0.4, 0.5) is 17.1 Å². The summed E-state index contributed by atoms with van der Waals surface area (Å²) < 4.78 is 5.25. The van der Waals surface area contributed by atoms with Crippen LogP contribution in [0.2, 0.25) is 0 Å². The zero-order valence-corrected chi connectivity index (χ0v) is 14.4. The van der Waals surface area contributed by atoms with E-state index in [0.717, 1.165) is 11.6 Å². The molecule has 0 amide bonds. The molecule has 1 aromatic heterocycles. The Labute approximate surface area is 158 Å². The minimum absolute atomic E-state index is 0.0374. The van der Waals surface area contributed by atoms with E-state index in [1.807, 2.05) is 30.3 Å². The summed E-state index contributed by atoms with van der Waals surface area (Å²) in [5.41, 5.74) is 3.11. The van der Waals surface area contributed by atoms with Crippen LogP contribution in [0.1, 0.15) is 11.3 Å². The molecule has 1 heterocycles. The Hall–Kier alpha value is -4.27. The number of nitrogens with zero attached hydrogens (tertiary/aromatic N) is 3. The maximum absolute atomic E-state index is 11.3. The van der Waals surface area contributed by atoms with Crippen LogP contribution in [-0.4, -0.2) is 15.6 Å². The number of hydrogen-bond acceptors (Lipinski definition) is 7. The largest absolute Gasteiger partial charge is 0.465 e. The molecule has 0 saturated carbocycles. The van der Waals surface area contributed by atoms with Gasteiger partial charge in [0, 0.05) is 11.6 Å². The number of nitrogens with one attached hydrogen (secondary N) is 1. The average molecular weight is 378 g/mol. The van der Waals surface area contributed by atoms with Crippen LogP contribution in [0, 0.1) is 20.2 Å². The van der Waals surface area contributed by atoms with Crippen molar-refractivity contribution in [1.29, 1.82) is 0 Å². The van der Waals surface area contributed by atoms with Crippen molar-refractivity contribution in [2.45, 2.75) is 0 Å². The molecular weight excluding hydrogens is 364 g/mol. The molecule has 0 atom stereocenters. The lowest BCUT2D eigenvalue weighted by molar-refractivity contribution is -0.393. The molecule has 28 heavy (non-hydrogen) atoms. The summed E-state index contributed by atoms with van der Waals surface area (Å²) in [6.45, 7) is 0. The van der Waals surface area contributed by atoms with Crippen LogP contribution in [0.25, 0.3) is 6.08 Å². The topological polar surface area (TPSA) is 124 Å². The fourth-order valence-corrected chi connectivity index (χ4v) is 2.35. The van der Waals surface area contributed by atoms with Gasteiger partial charge in [0.1, 0.15) is 11.4 Å². The Kier molecular flexibility index (Phi) is 5.56. The van der Waals surface area contributed by atoms with Crippen molar-refractivity contribution in [1.82, 2.24) is 0 Å². The van der Waals surface area contributed by atoms with Gasteiger partial charge in [-0.3, -0.25) is 25.7 Å². The molecule has 9 nitrogen and oxygen atoms in total. The summed E-state index contributed by atoms with van der Waals surface area (Å²) in [5.74, 6) is 0.616. The first kappa shape index (κ1) is 18.5. The normalized spacial score (nSPS) is 11.5. The number of hydrazone groups is 1. The van der Waals surface area contributed by atoms with Crippen LogP contribution in [-0.2, 0) is 0 Å². The molecule has 1 N–H and O–H groups in total. The zero-order valence-electron chi connectivity index (χ0n) is 14.4. The lowest BCUT2D eigenvalue weighted by Crippen LogP contribution is -2.03. The first-order valence-electron chi connectivity index (χ1n) is 8.08. The van der Waals surface area contributed by atoms with Crippen LogP contribution in [0.3, 0.4) is 0 Å². The minimum Gasteiger partial charge on any atom is -0.465 e. The number of furan rings is 1. The molecule has 0 fully saturated rings. The predicted octanol–water partition coefficient (Wildman–Crippen LogP) is 4.63. The Morgan fingerprint density at radius 2 is 1.79 bits per heavy atom. The average Bonchev–Trinajstić information content (AvgIpc) is 3.22. The maximum atomic E-state index is 11.3. The van der Waals surface area contributed by atoms with E-state index in [-0.39, 0.29) is 11.4 Å². The lowest BCUT2D eigenvalue weighted by Gasteiger charge is -2.05. The Morgan fingerprint density at radius 1 is 1.00 bits per heavy atom. The van der Waals surface area contributed by atoms with Crippen molar-refractivity contribution < 1.29 is 14.3 Å². The van der Waals surface area contributed by atoms with Gasteiger partial charge in [-0.05, 0) is 30.4 Å². The zero-order chi connectivity index (χ0) is 19.9. The van der Waals surface area contributed by atoms with Gasteiger partial charge in [-0.2, -0.15) is 5.10 Å². The molecule has 0 bridgehead atoms. The number of benzene rings is 2. The molecule has 0 unspecified atom stereocenters. The summed E-state index contributed by atoms with van der Waals surface area (Å²) in [6, 6.07) is 16.0. The van der Waals surface area contributed by atoms with Gasteiger partial charge in [-0.1, -0.05) is 30.3 Å². The number of non-ortho nitro benzene ring substituents is 1. The van der Waals surface area contributed by atoms with Gasteiger partial charge in [0.05, 0.1) is 27.9 Å². The van der Waals surface area contributed by atoms with E-state index in [1.54, 1.807) is 24.3 Å². The summed E-state index contributed by atoms with van der Waals surface area (Å²) in [4.78, 5) is 20.7. The van der Waals surface area contributed by atoms with E-state index in [1.165, 1.54) is 18.4 Å². The van der Waals surface area contributed by atoms with E-state index in [0.29, 0.717) is 11.5 Å². The van der Waals surface area contributed by atoms with Crippen LogP contribution in [0.5, 0.6) is 0 Å². The third-order valence-corrected chi connectivity index (χ3v) is 3.70. The molecule has 9 heteroatoms. The maximum Gasteiger partial charge on any atom is 0.301 e. The highest BCUT2D eigenvalue weighted by Gasteiger charge is 2.19. The molecule has 0 saturated heterocycles. The van der Waals surface area contributed by atoms with E-state index in [2.05, 4.69) is 10.5 Å². The Balaban J connectivity index is 1.95. The molecule has 0 aliphatic carbocycles. The highest BCUT2D eigenvalue weighted by atomic mass is 16.6. The smallest absolute Gasteiger partial charge is 0.301 e. The Bertz CT molecular complexity index is 1040. The number of nitro groups is 2. The molecule has 3 rings (SSSR count). The second-order valence-electron chi connectivity index (χ2n) is 5.54. The van der Waals surface area contributed by atoms with Gasteiger partial charge < -0.3 is 4.42 Å². The SMILES string of the molecule is O=[N+]([O-])c1ccc(N/N=C(\C=C\c2ccco2)c2ccccc2)c([N+](=O)[O-])c1. The molecule has 0 aliphatic rings. The summed E-state index contributed by atoms with van der Waals surface area (Å²) >= 11 is 0. The molecule has 0 aliphatic heterocycles. The third-order valence-electron chi connectivity index (χ3n) is 3.70. The molecular formula is C19H14N4O5. The third kappa shape index (κ3) is 4.47. The molecule has 140 valence electrons. The highest BCUT2D eigenvalue weighted by molar-refractivity contribution is 6.10. The van der Waals surface area contributed by atoms with Gasteiger partial charge in [0.25, 0.3) is 5.69 Å². The number of anilines is 1. The van der Waals surface area contributed by atoms with Crippen molar-refractivity contribution >= 4 is 28.8 Å². The van der Waals surface area contributed by atoms with Crippen molar-refractivity contribution in [2.24, 2.45) is 5.10 Å². The number of rotatable bonds is 7. The number of hydrogen-bond donors (Lipinski definition) is 1. The summed E-state index contributed by atoms with van der Waals surface area (Å²) in [6.07, 6.45) is 4.94. The first-order chi connectivity index (χ1) is 13.5. The molecule has 0 spiro atoms. The monoisotopic (exact) mass is 378 g/mol. The Morgan fingerprint density at radius 3 is 2.43 bits per heavy atom. The van der Waals surface area contributed by atoms with Gasteiger partial charge in [0.2, 0.25) is 0 Å². The minimum atomic E-state index is -0.703. The van der Waals surface area contributed by atoms with Crippen LogP contribution >= 0.6 is 0 Å². The van der Waals surface area contributed by atoms with Gasteiger partial charge in [-0.15, -0.1) is 0 Å². The molecule has 3 aromatic rings. The number of allylic oxidation sites excluding steroid dienone is 1. The fourth-order valence-electron chi connectivity index (χ4n) is 2.35. The van der Waals surface area contributed by atoms with Crippen molar-refractivity contribution in [3.63, 3.8) is 0 Å². The molecule has 2 aromatic carbocycles. The second-order valence-corrected chi connectivity index (χ2v) is 5.54. The van der Waals surface area contributed by atoms with Gasteiger partial charge in [-0.25, -0.2) is 0 Å². The lowest BCUT2D eigenvalue weighted by atomic mass is 10.1. The van der Waals surface area contributed by atoms with Crippen LogP contribution < -0.4 is 5.43 Å². The van der Waals surface area contributed by atoms with Gasteiger partial charge in [0.15, 0.2) is 0 Å².